The average molecular weight is 351 g/mol. The third-order valence-electron chi connectivity index (χ3n) is 4.97. The van der Waals surface area contributed by atoms with Gasteiger partial charge in [0.05, 0.1) is 0 Å². The summed E-state index contributed by atoms with van der Waals surface area (Å²) in [5.41, 5.74) is 9.05. The van der Waals surface area contributed by atoms with E-state index in [9.17, 15) is 9.59 Å². The standard InChI is InChI=1S/C21H25N3O2/c1-14-9-11-24(12-10-14)21(26)17-5-8-19(15(2)13-17)23-20(25)16-3-6-18(22)7-4-16/h3-8,13-14H,9-12,22H2,1-2H3,(H,23,25). The van der Waals surface area contributed by atoms with Crippen molar-refractivity contribution in [3.63, 3.8) is 0 Å². The van der Waals surface area contributed by atoms with Crippen LogP contribution in [0.15, 0.2) is 42.5 Å². The Balaban J connectivity index is 1.70. The number of benzene rings is 2. The van der Waals surface area contributed by atoms with Gasteiger partial charge in [-0.15, -0.1) is 0 Å². The van der Waals surface area contributed by atoms with Crippen molar-refractivity contribution in [2.75, 3.05) is 24.1 Å². The average Bonchev–Trinajstić information content (AvgIpc) is 2.64. The minimum Gasteiger partial charge on any atom is -0.399 e. The second-order valence-electron chi connectivity index (χ2n) is 7.08. The molecule has 1 aliphatic rings. The lowest BCUT2D eigenvalue weighted by atomic mass is 9.98. The number of amides is 2. The molecule has 26 heavy (non-hydrogen) atoms. The van der Waals surface area contributed by atoms with E-state index in [0.717, 1.165) is 31.5 Å². The van der Waals surface area contributed by atoms with E-state index in [-0.39, 0.29) is 11.8 Å². The number of nitrogens with two attached hydrogens (primary N) is 1. The van der Waals surface area contributed by atoms with Gasteiger partial charge in [-0.3, -0.25) is 9.59 Å². The van der Waals surface area contributed by atoms with Crippen molar-refractivity contribution in [2.24, 2.45) is 5.92 Å². The van der Waals surface area contributed by atoms with Gasteiger partial charge in [0.15, 0.2) is 0 Å². The van der Waals surface area contributed by atoms with Crippen LogP contribution >= 0.6 is 0 Å². The highest BCUT2D eigenvalue weighted by Crippen LogP contribution is 2.22. The molecule has 0 saturated carbocycles. The van der Waals surface area contributed by atoms with Gasteiger partial charge in [-0.25, -0.2) is 0 Å². The molecule has 1 saturated heterocycles. The van der Waals surface area contributed by atoms with Gasteiger partial charge in [0.25, 0.3) is 11.8 Å². The summed E-state index contributed by atoms with van der Waals surface area (Å²) in [5.74, 6) is 0.556. The normalized spacial score (nSPS) is 14.9. The van der Waals surface area contributed by atoms with E-state index in [1.165, 1.54) is 0 Å². The summed E-state index contributed by atoms with van der Waals surface area (Å²) in [6.07, 6.45) is 2.11. The third kappa shape index (κ3) is 4.04. The largest absolute Gasteiger partial charge is 0.399 e. The fourth-order valence-electron chi connectivity index (χ4n) is 3.16. The third-order valence-corrected chi connectivity index (χ3v) is 4.97. The first-order chi connectivity index (χ1) is 12.4. The summed E-state index contributed by atoms with van der Waals surface area (Å²) in [6.45, 7) is 5.75. The fraction of sp³-hybridized carbons (Fsp3) is 0.333. The number of anilines is 2. The number of nitrogens with zero attached hydrogens (tertiary/aromatic N) is 1. The smallest absolute Gasteiger partial charge is 0.255 e. The minimum absolute atomic E-state index is 0.0661. The van der Waals surface area contributed by atoms with Gasteiger partial charge >= 0.3 is 0 Å². The SMILES string of the molecule is Cc1cc(C(=O)N2CCC(C)CC2)ccc1NC(=O)c1ccc(N)cc1. The van der Waals surface area contributed by atoms with E-state index in [0.29, 0.717) is 28.4 Å². The Morgan fingerprint density at radius 3 is 2.27 bits per heavy atom. The number of piperidine rings is 1. The quantitative estimate of drug-likeness (QED) is 0.828. The molecule has 1 fully saturated rings. The first-order valence-electron chi connectivity index (χ1n) is 9.01. The zero-order valence-electron chi connectivity index (χ0n) is 15.3. The number of carbonyl (C=O) groups excluding carboxylic acids is 2. The zero-order valence-corrected chi connectivity index (χ0v) is 15.3. The second kappa shape index (κ2) is 7.60. The molecule has 136 valence electrons. The van der Waals surface area contributed by atoms with Crippen LogP contribution in [0.4, 0.5) is 11.4 Å². The van der Waals surface area contributed by atoms with Crippen molar-refractivity contribution in [3.05, 3.63) is 59.2 Å². The Morgan fingerprint density at radius 2 is 1.65 bits per heavy atom. The number of carbonyl (C=O) groups is 2. The molecule has 2 aromatic carbocycles. The molecule has 0 unspecified atom stereocenters. The summed E-state index contributed by atoms with van der Waals surface area (Å²) < 4.78 is 0. The molecule has 0 aliphatic carbocycles. The van der Waals surface area contributed by atoms with Gasteiger partial charge in [-0.2, -0.15) is 0 Å². The van der Waals surface area contributed by atoms with Crippen molar-refractivity contribution < 1.29 is 9.59 Å². The van der Waals surface area contributed by atoms with Crippen LogP contribution in [0.2, 0.25) is 0 Å². The molecule has 3 rings (SSSR count). The highest BCUT2D eigenvalue weighted by Gasteiger charge is 2.21. The molecule has 0 atom stereocenters. The number of aryl methyl sites for hydroxylation is 1. The van der Waals surface area contributed by atoms with Crippen LogP contribution in [-0.2, 0) is 0 Å². The van der Waals surface area contributed by atoms with Crippen LogP contribution < -0.4 is 11.1 Å². The molecule has 1 heterocycles. The molecule has 2 aromatic rings. The predicted molar refractivity (Wildman–Crippen MR) is 104 cm³/mol. The maximum atomic E-state index is 12.7. The number of hydrogen-bond donors (Lipinski definition) is 2. The first-order valence-corrected chi connectivity index (χ1v) is 9.01. The van der Waals surface area contributed by atoms with Gasteiger partial charge in [0.2, 0.25) is 0 Å². The van der Waals surface area contributed by atoms with Gasteiger partial charge < -0.3 is 16.0 Å². The van der Waals surface area contributed by atoms with Crippen LogP contribution in [0.5, 0.6) is 0 Å². The number of nitrogens with one attached hydrogen (secondary N) is 1. The van der Waals surface area contributed by atoms with Crippen molar-refractivity contribution in [3.8, 4) is 0 Å². The number of rotatable bonds is 3. The summed E-state index contributed by atoms with van der Waals surface area (Å²) >= 11 is 0. The molecule has 0 radical (unpaired) electrons. The molecule has 5 heteroatoms. The molecule has 0 aromatic heterocycles. The van der Waals surface area contributed by atoms with E-state index in [4.69, 9.17) is 5.73 Å². The van der Waals surface area contributed by atoms with Gasteiger partial charge in [-0.1, -0.05) is 6.92 Å². The summed E-state index contributed by atoms with van der Waals surface area (Å²) in [5, 5.41) is 2.89. The molecular formula is C21H25N3O2. The summed E-state index contributed by atoms with van der Waals surface area (Å²) in [7, 11) is 0. The van der Waals surface area contributed by atoms with Crippen LogP contribution in [0, 0.1) is 12.8 Å². The maximum absolute atomic E-state index is 12.7. The van der Waals surface area contributed by atoms with Crippen LogP contribution in [0.25, 0.3) is 0 Å². The maximum Gasteiger partial charge on any atom is 0.255 e. The van der Waals surface area contributed by atoms with E-state index < -0.39 is 0 Å². The van der Waals surface area contributed by atoms with Gasteiger partial charge in [0, 0.05) is 35.6 Å². The zero-order chi connectivity index (χ0) is 18.7. The molecule has 1 aliphatic heterocycles. The molecule has 0 spiro atoms. The van der Waals surface area contributed by atoms with E-state index in [1.807, 2.05) is 17.9 Å². The van der Waals surface area contributed by atoms with Crippen LogP contribution in [0.1, 0.15) is 46.0 Å². The topological polar surface area (TPSA) is 75.4 Å². The lowest BCUT2D eigenvalue weighted by Crippen LogP contribution is -2.37. The van der Waals surface area contributed by atoms with Crippen molar-refractivity contribution in [1.82, 2.24) is 4.90 Å². The number of hydrogen-bond acceptors (Lipinski definition) is 3. The Hall–Kier alpha value is -2.82. The molecule has 3 N–H and O–H groups in total. The number of nitrogen functional groups attached to an aromatic ring is 1. The van der Waals surface area contributed by atoms with E-state index >= 15 is 0 Å². The summed E-state index contributed by atoms with van der Waals surface area (Å²) in [4.78, 5) is 26.9. The Kier molecular flexibility index (Phi) is 5.26. The van der Waals surface area contributed by atoms with Gasteiger partial charge in [0.1, 0.15) is 0 Å². The van der Waals surface area contributed by atoms with Gasteiger partial charge in [-0.05, 0) is 73.7 Å². The Bertz CT molecular complexity index is 807. The summed E-state index contributed by atoms with van der Waals surface area (Å²) in [6, 6.07) is 12.2. The fourth-order valence-corrected chi connectivity index (χ4v) is 3.16. The lowest BCUT2D eigenvalue weighted by molar-refractivity contribution is 0.0697. The predicted octanol–water partition coefficient (Wildman–Crippen LogP) is 3.70. The Morgan fingerprint density at radius 1 is 1.04 bits per heavy atom. The van der Waals surface area contributed by atoms with E-state index in [2.05, 4.69) is 12.2 Å². The molecule has 0 bridgehead atoms. The number of likely N-dealkylation sites (tertiary alicyclic amines) is 1. The second-order valence-corrected chi connectivity index (χ2v) is 7.08. The lowest BCUT2D eigenvalue weighted by Gasteiger charge is -2.30. The van der Waals surface area contributed by atoms with Crippen molar-refractivity contribution in [1.29, 1.82) is 0 Å². The van der Waals surface area contributed by atoms with Crippen LogP contribution in [0.3, 0.4) is 0 Å². The minimum atomic E-state index is -0.197. The highest BCUT2D eigenvalue weighted by atomic mass is 16.2. The highest BCUT2D eigenvalue weighted by molar-refractivity contribution is 6.05. The molecular weight excluding hydrogens is 326 g/mol. The van der Waals surface area contributed by atoms with Crippen molar-refractivity contribution in [2.45, 2.75) is 26.7 Å². The van der Waals surface area contributed by atoms with E-state index in [1.54, 1.807) is 36.4 Å². The monoisotopic (exact) mass is 351 g/mol. The molecule has 2 amide bonds. The Labute approximate surface area is 154 Å². The van der Waals surface area contributed by atoms with Crippen LogP contribution in [-0.4, -0.2) is 29.8 Å². The van der Waals surface area contributed by atoms with Crippen molar-refractivity contribution >= 4 is 23.2 Å². The first kappa shape index (κ1) is 18.0. The molecule has 5 nitrogen and oxygen atoms in total.